The van der Waals surface area contributed by atoms with Gasteiger partial charge in [0.15, 0.2) is 0 Å². The smallest absolute Gasteiger partial charge is 0.0408 e. The summed E-state index contributed by atoms with van der Waals surface area (Å²) in [6.07, 6.45) is 4.80. The van der Waals surface area contributed by atoms with Crippen molar-refractivity contribution in [3.05, 3.63) is 34.9 Å². The maximum Gasteiger partial charge on any atom is 0.0408 e. The molecule has 0 spiro atoms. The molecule has 0 bridgehead atoms. The number of nitrogens with two attached hydrogens (primary N) is 1. The summed E-state index contributed by atoms with van der Waals surface area (Å²) in [5, 5.41) is 0.835. The van der Waals surface area contributed by atoms with Crippen molar-refractivity contribution >= 4 is 24.0 Å². The van der Waals surface area contributed by atoms with E-state index in [2.05, 4.69) is 12.1 Å². The Kier molecular flexibility index (Phi) is 4.91. The lowest BCUT2D eigenvalue weighted by Gasteiger charge is -2.26. The normalized spacial score (nSPS) is 25.7. The first-order valence-corrected chi connectivity index (χ1v) is 5.64. The van der Waals surface area contributed by atoms with E-state index in [1.165, 1.54) is 24.8 Å². The van der Waals surface area contributed by atoms with Crippen molar-refractivity contribution in [3.63, 3.8) is 0 Å². The molecule has 1 aromatic carbocycles. The van der Waals surface area contributed by atoms with E-state index in [1.807, 2.05) is 12.1 Å². The van der Waals surface area contributed by atoms with Gasteiger partial charge in [-0.25, -0.2) is 0 Å². The maximum atomic E-state index is 5.97. The maximum absolute atomic E-state index is 5.97. The Bertz CT molecular complexity index is 314. The molecule has 0 amide bonds. The van der Waals surface area contributed by atoms with Crippen LogP contribution >= 0.6 is 24.0 Å². The zero-order valence-corrected chi connectivity index (χ0v) is 10.2. The second-order valence-electron chi connectivity index (χ2n) is 4.18. The molecular weight excluding hydrogens is 229 g/mol. The molecule has 0 aliphatic heterocycles. The van der Waals surface area contributed by atoms with Crippen LogP contribution in [0.2, 0.25) is 5.02 Å². The van der Waals surface area contributed by atoms with Crippen molar-refractivity contribution < 1.29 is 0 Å². The van der Waals surface area contributed by atoms with Crippen LogP contribution in [-0.4, -0.2) is 6.04 Å². The van der Waals surface area contributed by atoms with Crippen LogP contribution in [0, 0.1) is 0 Å². The van der Waals surface area contributed by atoms with Crippen molar-refractivity contribution in [3.8, 4) is 0 Å². The zero-order valence-electron chi connectivity index (χ0n) is 8.66. The molecule has 2 unspecified atom stereocenters. The van der Waals surface area contributed by atoms with Gasteiger partial charge >= 0.3 is 0 Å². The Hall–Kier alpha value is -0.240. The molecular formula is C12H17Cl2N. The number of rotatable bonds is 1. The van der Waals surface area contributed by atoms with Gasteiger partial charge in [-0.05, 0) is 42.9 Å². The summed E-state index contributed by atoms with van der Waals surface area (Å²) in [7, 11) is 0. The van der Waals surface area contributed by atoms with E-state index in [9.17, 15) is 0 Å². The van der Waals surface area contributed by atoms with Crippen molar-refractivity contribution in [1.29, 1.82) is 0 Å². The first kappa shape index (κ1) is 12.8. The lowest BCUT2D eigenvalue weighted by molar-refractivity contribution is 0.393. The van der Waals surface area contributed by atoms with Crippen molar-refractivity contribution in [2.24, 2.45) is 5.73 Å². The molecule has 2 rings (SSSR count). The van der Waals surface area contributed by atoms with Crippen LogP contribution in [0.4, 0.5) is 0 Å². The lowest BCUT2D eigenvalue weighted by Crippen LogP contribution is -2.26. The summed E-state index contributed by atoms with van der Waals surface area (Å²) in [4.78, 5) is 0. The van der Waals surface area contributed by atoms with Crippen LogP contribution < -0.4 is 5.73 Å². The quantitative estimate of drug-likeness (QED) is 0.802. The van der Waals surface area contributed by atoms with Crippen LogP contribution in [0.3, 0.4) is 0 Å². The Morgan fingerprint density at radius 1 is 1.27 bits per heavy atom. The van der Waals surface area contributed by atoms with E-state index in [4.69, 9.17) is 17.3 Å². The largest absolute Gasteiger partial charge is 0.328 e. The summed E-state index contributed by atoms with van der Waals surface area (Å²) in [5.41, 5.74) is 7.32. The molecule has 2 atom stereocenters. The topological polar surface area (TPSA) is 26.0 Å². The Morgan fingerprint density at radius 2 is 2.07 bits per heavy atom. The van der Waals surface area contributed by atoms with Crippen LogP contribution in [0.1, 0.15) is 37.2 Å². The van der Waals surface area contributed by atoms with Gasteiger partial charge in [0, 0.05) is 11.1 Å². The van der Waals surface area contributed by atoms with E-state index >= 15 is 0 Å². The third-order valence-corrected chi connectivity index (χ3v) is 3.27. The Labute approximate surface area is 102 Å². The second kappa shape index (κ2) is 5.74. The fraction of sp³-hybridized carbons (Fsp3) is 0.500. The van der Waals surface area contributed by atoms with E-state index in [0.29, 0.717) is 12.0 Å². The fourth-order valence-corrected chi connectivity index (χ4v) is 2.49. The summed E-state index contributed by atoms with van der Waals surface area (Å²) in [6, 6.07) is 8.57. The van der Waals surface area contributed by atoms with Crippen molar-refractivity contribution in [1.82, 2.24) is 0 Å². The molecule has 0 radical (unpaired) electrons. The molecule has 1 aliphatic carbocycles. The van der Waals surface area contributed by atoms with Gasteiger partial charge in [-0.15, -0.1) is 12.4 Å². The van der Waals surface area contributed by atoms with Crippen molar-refractivity contribution in [2.45, 2.75) is 37.6 Å². The van der Waals surface area contributed by atoms with Crippen molar-refractivity contribution in [2.75, 3.05) is 0 Å². The van der Waals surface area contributed by atoms with Gasteiger partial charge in [-0.1, -0.05) is 30.2 Å². The standard InChI is InChI=1S/C12H16ClN.ClH/c13-11-5-1-3-9(7-11)10-4-2-6-12(14)8-10;/h1,3,5,7,10,12H,2,4,6,8,14H2;1H. The first-order chi connectivity index (χ1) is 6.75. The van der Waals surface area contributed by atoms with Gasteiger partial charge in [-0.3, -0.25) is 0 Å². The molecule has 1 saturated carbocycles. The van der Waals surface area contributed by atoms with E-state index in [-0.39, 0.29) is 12.4 Å². The summed E-state index contributed by atoms with van der Waals surface area (Å²) in [5.74, 6) is 0.623. The van der Waals surface area contributed by atoms with E-state index in [1.54, 1.807) is 0 Å². The second-order valence-corrected chi connectivity index (χ2v) is 4.62. The molecule has 1 aromatic rings. The number of benzene rings is 1. The minimum absolute atomic E-state index is 0. The average molecular weight is 246 g/mol. The van der Waals surface area contributed by atoms with Crippen LogP contribution in [-0.2, 0) is 0 Å². The predicted octanol–water partition coefficient (Wildman–Crippen LogP) is 3.75. The number of halogens is 2. The molecule has 2 N–H and O–H groups in total. The molecule has 1 fully saturated rings. The van der Waals surface area contributed by atoms with Crippen LogP contribution in [0.25, 0.3) is 0 Å². The predicted molar refractivity (Wildman–Crippen MR) is 67.9 cm³/mol. The SMILES string of the molecule is Cl.NC1CCCC(c2cccc(Cl)c2)C1. The molecule has 1 nitrogen and oxygen atoms in total. The van der Waals surface area contributed by atoms with Gasteiger partial charge < -0.3 is 5.73 Å². The highest BCUT2D eigenvalue weighted by Crippen LogP contribution is 2.32. The number of hydrogen-bond donors (Lipinski definition) is 1. The summed E-state index contributed by atoms with van der Waals surface area (Å²) < 4.78 is 0. The highest BCUT2D eigenvalue weighted by molar-refractivity contribution is 6.30. The first-order valence-electron chi connectivity index (χ1n) is 5.27. The fourth-order valence-electron chi connectivity index (χ4n) is 2.29. The van der Waals surface area contributed by atoms with Gasteiger partial charge in [-0.2, -0.15) is 0 Å². The molecule has 0 saturated heterocycles. The highest BCUT2D eigenvalue weighted by Gasteiger charge is 2.20. The molecule has 15 heavy (non-hydrogen) atoms. The van der Waals surface area contributed by atoms with Crippen LogP contribution in [0.15, 0.2) is 24.3 Å². The molecule has 0 heterocycles. The minimum atomic E-state index is 0. The number of hydrogen-bond acceptors (Lipinski definition) is 1. The summed E-state index contributed by atoms with van der Waals surface area (Å²) >= 11 is 5.97. The Morgan fingerprint density at radius 3 is 2.73 bits per heavy atom. The monoisotopic (exact) mass is 245 g/mol. The van der Waals surface area contributed by atoms with Crippen LogP contribution in [0.5, 0.6) is 0 Å². The molecule has 3 heteroatoms. The Balaban J connectivity index is 0.00000112. The lowest BCUT2D eigenvalue weighted by atomic mass is 9.82. The third kappa shape index (κ3) is 3.37. The third-order valence-electron chi connectivity index (χ3n) is 3.03. The molecule has 0 aromatic heterocycles. The summed E-state index contributed by atoms with van der Waals surface area (Å²) in [6.45, 7) is 0. The van der Waals surface area contributed by atoms with E-state index < -0.39 is 0 Å². The highest BCUT2D eigenvalue weighted by atomic mass is 35.5. The van der Waals surface area contributed by atoms with Gasteiger partial charge in [0.25, 0.3) is 0 Å². The molecule has 84 valence electrons. The minimum Gasteiger partial charge on any atom is -0.328 e. The molecule has 1 aliphatic rings. The van der Waals surface area contributed by atoms with Gasteiger partial charge in [0.2, 0.25) is 0 Å². The van der Waals surface area contributed by atoms with Gasteiger partial charge in [0.05, 0.1) is 0 Å². The van der Waals surface area contributed by atoms with E-state index in [0.717, 1.165) is 11.4 Å². The average Bonchev–Trinajstić information content (AvgIpc) is 2.18. The van der Waals surface area contributed by atoms with Gasteiger partial charge in [0.1, 0.15) is 0 Å². The zero-order chi connectivity index (χ0) is 9.97.